The van der Waals surface area contributed by atoms with Gasteiger partial charge in [-0.2, -0.15) is 0 Å². The Morgan fingerprint density at radius 2 is 1.78 bits per heavy atom. The van der Waals surface area contributed by atoms with E-state index in [0.717, 1.165) is 47.4 Å². The topological polar surface area (TPSA) is 96.0 Å². The van der Waals surface area contributed by atoms with Gasteiger partial charge in [0.1, 0.15) is 18.3 Å². The molecule has 1 atom stereocenters. The first kappa shape index (κ1) is 27.5. The first-order chi connectivity index (χ1) is 17.1. The lowest BCUT2D eigenvalue weighted by Crippen LogP contribution is -2.53. The second-order valence-corrected chi connectivity index (χ2v) is 11.4. The van der Waals surface area contributed by atoms with E-state index in [0.29, 0.717) is 5.75 Å². The maximum atomic E-state index is 13.7. The van der Waals surface area contributed by atoms with Crippen molar-refractivity contribution in [3.05, 3.63) is 59.7 Å². The number of anilines is 1. The third-order valence-electron chi connectivity index (χ3n) is 6.59. The molecule has 9 heteroatoms. The molecule has 8 nitrogen and oxygen atoms in total. The Morgan fingerprint density at radius 1 is 1.08 bits per heavy atom. The highest BCUT2D eigenvalue weighted by Crippen LogP contribution is 2.29. The minimum Gasteiger partial charge on any atom is -0.495 e. The van der Waals surface area contributed by atoms with Gasteiger partial charge in [0.25, 0.3) is 0 Å². The normalized spacial score (nSPS) is 15.1. The molecule has 196 valence electrons. The molecular weight excluding hydrogens is 478 g/mol. The predicted octanol–water partition coefficient (Wildman–Crippen LogP) is 3.64. The second-order valence-electron chi connectivity index (χ2n) is 9.47. The number of nitrogens with one attached hydrogen (secondary N) is 1. The first-order valence-corrected chi connectivity index (χ1v) is 14.2. The summed E-state index contributed by atoms with van der Waals surface area (Å²) in [5.74, 6) is -0.366. The number of para-hydroxylation sites is 2. The highest BCUT2D eigenvalue weighted by molar-refractivity contribution is 7.92. The minimum atomic E-state index is -3.82. The maximum absolute atomic E-state index is 13.7. The molecule has 0 spiro atoms. The van der Waals surface area contributed by atoms with Gasteiger partial charge in [0.05, 0.1) is 19.1 Å². The van der Waals surface area contributed by atoms with Crippen molar-refractivity contribution < 1.29 is 22.7 Å². The van der Waals surface area contributed by atoms with Gasteiger partial charge >= 0.3 is 0 Å². The molecule has 0 saturated heterocycles. The summed E-state index contributed by atoms with van der Waals surface area (Å²) < 4.78 is 31.9. The Labute approximate surface area is 214 Å². The Morgan fingerprint density at radius 3 is 2.42 bits per heavy atom. The summed E-state index contributed by atoms with van der Waals surface area (Å²) >= 11 is 0. The lowest BCUT2D eigenvalue weighted by molar-refractivity contribution is -0.139. The van der Waals surface area contributed by atoms with Gasteiger partial charge in [0.15, 0.2) is 0 Å². The summed E-state index contributed by atoms with van der Waals surface area (Å²) in [6.07, 6.45) is 6.24. The third-order valence-corrected chi connectivity index (χ3v) is 7.71. The Hall–Kier alpha value is -3.07. The minimum absolute atomic E-state index is 0.103. The summed E-state index contributed by atoms with van der Waals surface area (Å²) in [7, 11) is -2.37. The zero-order valence-corrected chi connectivity index (χ0v) is 22.4. The maximum Gasteiger partial charge on any atom is 0.244 e. The number of hydrogen-bond acceptors (Lipinski definition) is 5. The molecule has 0 heterocycles. The number of ether oxygens (including phenoxy) is 1. The number of sulfonamides is 1. The van der Waals surface area contributed by atoms with Crippen LogP contribution in [0.15, 0.2) is 48.5 Å². The highest BCUT2D eigenvalue weighted by atomic mass is 32.2. The van der Waals surface area contributed by atoms with Gasteiger partial charge in [-0.3, -0.25) is 13.9 Å². The molecule has 0 aromatic heterocycles. The highest BCUT2D eigenvalue weighted by Gasteiger charge is 2.32. The average molecular weight is 516 g/mol. The largest absolute Gasteiger partial charge is 0.495 e. The fraction of sp³-hybridized carbons (Fsp3) is 0.481. The Bertz CT molecular complexity index is 1160. The number of amides is 2. The van der Waals surface area contributed by atoms with Crippen LogP contribution in [0.2, 0.25) is 0 Å². The molecule has 0 bridgehead atoms. The summed E-state index contributed by atoms with van der Waals surface area (Å²) in [4.78, 5) is 28.4. The standard InChI is InChI=1S/C27H37N3O5S/c1-20-11-10-12-22(17-20)18-29(21(2)27(32)28-23-13-6-5-7-14-23)26(31)19-30(36(4,33)34)24-15-8-9-16-25(24)35-3/h8-12,15-17,21,23H,5-7,13-14,18-19H2,1-4H3,(H,28,32)/t21-/m1/s1. The Balaban J connectivity index is 1.89. The van der Waals surface area contributed by atoms with Crippen molar-refractivity contribution in [2.45, 2.75) is 64.6 Å². The predicted molar refractivity (Wildman–Crippen MR) is 141 cm³/mol. The second kappa shape index (κ2) is 12.3. The molecule has 1 aliphatic carbocycles. The summed E-state index contributed by atoms with van der Waals surface area (Å²) in [5, 5.41) is 3.10. The van der Waals surface area contributed by atoms with Gasteiger partial charge in [-0.05, 0) is 44.4 Å². The van der Waals surface area contributed by atoms with Crippen LogP contribution < -0.4 is 14.4 Å². The third kappa shape index (κ3) is 7.22. The van der Waals surface area contributed by atoms with Crippen molar-refractivity contribution in [2.24, 2.45) is 0 Å². The summed E-state index contributed by atoms with van der Waals surface area (Å²) in [6, 6.07) is 13.7. The number of carbonyl (C=O) groups is 2. The molecular formula is C27H37N3O5S. The molecule has 2 aromatic carbocycles. The number of hydrogen-bond donors (Lipinski definition) is 1. The van der Waals surface area contributed by atoms with Crippen LogP contribution >= 0.6 is 0 Å². The van der Waals surface area contributed by atoms with E-state index in [2.05, 4.69) is 5.32 Å². The van der Waals surface area contributed by atoms with E-state index in [1.807, 2.05) is 31.2 Å². The van der Waals surface area contributed by atoms with E-state index in [1.165, 1.54) is 18.4 Å². The van der Waals surface area contributed by atoms with Crippen LogP contribution in [0, 0.1) is 6.92 Å². The molecule has 0 aliphatic heterocycles. The number of benzene rings is 2. The smallest absolute Gasteiger partial charge is 0.244 e. The van der Waals surface area contributed by atoms with Crippen LogP contribution in [-0.4, -0.2) is 57.1 Å². The van der Waals surface area contributed by atoms with E-state index < -0.39 is 28.5 Å². The molecule has 0 unspecified atom stereocenters. The SMILES string of the molecule is COc1ccccc1N(CC(=O)N(Cc1cccc(C)c1)[C@H](C)C(=O)NC1CCCCC1)S(C)(=O)=O. The molecule has 1 N–H and O–H groups in total. The van der Waals surface area contributed by atoms with Gasteiger partial charge in [0, 0.05) is 12.6 Å². The quantitative estimate of drug-likeness (QED) is 0.521. The lowest BCUT2D eigenvalue weighted by atomic mass is 9.95. The molecule has 36 heavy (non-hydrogen) atoms. The van der Waals surface area contributed by atoms with Crippen LogP contribution in [0.5, 0.6) is 5.75 Å². The first-order valence-electron chi connectivity index (χ1n) is 12.4. The van der Waals surface area contributed by atoms with Crippen LogP contribution in [0.25, 0.3) is 0 Å². The number of rotatable bonds is 10. The molecule has 2 aromatic rings. The summed E-state index contributed by atoms with van der Waals surface area (Å²) in [5.41, 5.74) is 2.17. The number of aryl methyl sites for hydroxylation is 1. The van der Waals surface area contributed by atoms with Crippen LogP contribution in [0.1, 0.15) is 50.2 Å². The van der Waals surface area contributed by atoms with E-state index in [-0.39, 0.29) is 24.2 Å². The van der Waals surface area contributed by atoms with Gasteiger partial charge in [0.2, 0.25) is 21.8 Å². The number of nitrogens with zero attached hydrogens (tertiary/aromatic N) is 2. The zero-order chi connectivity index (χ0) is 26.3. The number of carbonyl (C=O) groups excluding carboxylic acids is 2. The molecule has 2 amide bonds. The van der Waals surface area contributed by atoms with Crippen LogP contribution in [0.4, 0.5) is 5.69 Å². The van der Waals surface area contributed by atoms with Gasteiger partial charge in [-0.25, -0.2) is 8.42 Å². The van der Waals surface area contributed by atoms with Gasteiger partial charge < -0.3 is 15.0 Å². The Kier molecular flexibility index (Phi) is 9.37. The molecule has 1 saturated carbocycles. The van der Waals surface area contributed by atoms with Crippen molar-refractivity contribution in [2.75, 3.05) is 24.2 Å². The van der Waals surface area contributed by atoms with E-state index in [4.69, 9.17) is 4.74 Å². The molecule has 3 rings (SSSR count). The van der Waals surface area contributed by atoms with E-state index in [9.17, 15) is 18.0 Å². The fourth-order valence-electron chi connectivity index (χ4n) is 4.59. The van der Waals surface area contributed by atoms with E-state index >= 15 is 0 Å². The summed E-state index contributed by atoms with van der Waals surface area (Å²) in [6.45, 7) is 3.39. The lowest BCUT2D eigenvalue weighted by Gasteiger charge is -2.33. The van der Waals surface area contributed by atoms with Crippen LogP contribution in [0.3, 0.4) is 0 Å². The molecule has 0 radical (unpaired) electrons. The van der Waals surface area contributed by atoms with Crippen LogP contribution in [-0.2, 0) is 26.2 Å². The van der Waals surface area contributed by atoms with Gasteiger partial charge in [-0.1, -0.05) is 61.2 Å². The average Bonchev–Trinajstić information content (AvgIpc) is 2.85. The van der Waals surface area contributed by atoms with Crippen molar-refractivity contribution in [1.29, 1.82) is 0 Å². The van der Waals surface area contributed by atoms with Crippen molar-refractivity contribution >= 4 is 27.5 Å². The fourth-order valence-corrected chi connectivity index (χ4v) is 5.44. The van der Waals surface area contributed by atoms with Crippen molar-refractivity contribution in [3.8, 4) is 5.75 Å². The number of methoxy groups -OCH3 is 1. The monoisotopic (exact) mass is 515 g/mol. The van der Waals surface area contributed by atoms with Crippen molar-refractivity contribution in [3.63, 3.8) is 0 Å². The molecule has 1 aliphatic rings. The molecule has 1 fully saturated rings. The van der Waals surface area contributed by atoms with Crippen molar-refractivity contribution in [1.82, 2.24) is 10.2 Å². The van der Waals surface area contributed by atoms with E-state index in [1.54, 1.807) is 31.2 Å². The zero-order valence-electron chi connectivity index (χ0n) is 21.6. The van der Waals surface area contributed by atoms with Gasteiger partial charge in [-0.15, -0.1) is 0 Å².